The van der Waals surface area contributed by atoms with Crippen LogP contribution in [0.5, 0.6) is 5.75 Å². The number of anilines is 1. The van der Waals surface area contributed by atoms with Crippen molar-refractivity contribution in [2.45, 2.75) is 39.2 Å². The summed E-state index contributed by atoms with van der Waals surface area (Å²) in [5.41, 5.74) is 2.21. The fraction of sp³-hybridized carbons (Fsp3) is 0.417. The second-order valence-electron chi connectivity index (χ2n) is 7.75. The Hall–Kier alpha value is -3.58. The number of nitrogens with zero attached hydrogens (tertiary/aromatic N) is 2. The normalized spacial score (nSPS) is 13.3. The molecule has 1 atom stereocenters. The van der Waals surface area contributed by atoms with Gasteiger partial charge in [-0.2, -0.15) is 5.26 Å². The Labute approximate surface area is 202 Å². The van der Waals surface area contributed by atoms with Gasteiger partial charge in [0.2, 0.25) is 5.91 Å². The summed E-state index contributed by atoms with van der Waals surface area (Å²) in [6.45, 7) is 4.53. The fourth-order valence-electron chi connectivity index (χ4n) is 3.78. The molecule has 0 aliphatic carbocycles. The van der Waals surface area contributed by atoms with E-state index in [2.05, 4.69) is 16.1 Å². The van der Waals surface area contributed by atoms with Crippen molar-refractivity contribution < 1.29 is 28.6 Å². The molecule has 34 heavy (non-hydrogen) atoms. The largest absolute Gasteiger partial charge is 0.494 e. The van der Waals surface area contributed by atoms with Gasteiger partial charge < -0.3 is 24.4 Å². The van der Waals surface area contributed by atoms with E-state index in [1.165, 1.54) is 23.3 Å². The van der Waals surface area contributed by atoms with Crippen LogP contribution in [0.25, 0.3) is 0 Å². The maximum Gasteiger partial charge on any atom is 0.410 e. The lowest BCUT2D eigenvalue weighted by atomic mass is 9.96. The van der Waals surface area contributed by atoms with Gasteiger partial charge in [0.1, 0.15) is 16.8 Å². The average molecular weight is 486 g/mol. The molecule has 0 fully saturated rings. The molecular weight excluding hydrogens is 458 g/mol. The zero-order valence-corrected chi connectivity index (χ0v) is 20.2. The summed E-state index contributed by atoms with van der Waals surface area (Å²) in [7, 11) is 1.22. The van der Waals surface area contributed by atoms with E-state index in [1.807, 2.05) is 38.1 Å². The molecule has 1 aromatic heterocycles. The van der Waals surface area contributed by atoms with Gasteiger partial charge in [0.15, 0.2) is 6.61 Å². The van der Waals surface area contributed by atoms with E-state index >= 15 is 0 Å². The van der Waals surface area contributed by atoms with Crippen molar-refractivity contribution in [2.75, 3.05) is 32.2 Å². The van der Waals surface area contributed by atoms with Crippen LogP contribution in [0.4, 0.5) is 9.80 Å². The molecule has 2 amide bonds. The lowest BCUT2D eigenvalue weighted by Gasteiger charge is -2.25. The number of nitriles is 1. The van der Waals surface area contributed by atoms with Gasteiger partial charge in [0.25, 0.3) is 0 Å². The average Bonchev–Trinajstić information content (AvgIpc) is 3.18. The number of para-hydroxylation sites is 1. The zero-order chi connectivity index (χ0) is 24.7. The number of thiophene rings is 1. The summed E-state index contributed by atoms with van der Waals surface area (Å²) in [5.74, 6) is -0.169. The van der Waals surface area contributed by atoms with Gasteiger partial charge in [-0.05, 0) is 36.5 Å². The molecule has 0 spiro atoms. The molecule has 10 heteroatoms. The lowest BCUT2D eigenvalue weighted by Crippen LogP contribution is -2.36. The van der Waals surface area contributed by atoms with Crippen molar-refractivity contribution >= 4 is 34.3 Å². The molecule has 0 saturated heterocycles. The number of benzene rings is 1. The highest BCUT2D eigenvalue weighted by molar-refractivity contribution is 7.16. The summed E-state index contributed by atoms with van der Waals surface area (Å²) < 4.78 is 15.1. The highest BCUT2D eigenvalue weighted by atomic mass is 32.1. The van der Waals surface area contributed by atoms with Crippen molar-refractivity contribution in [1.29, 1.82) is 5.26 Å². The van der Waals surface area contributed by atoms with Crippen molar-refractivity contribution in [3.05, 3.63) is 45.8 Å². The number of methoxy groups -OCH3 is 1. The van der Waals surface area contributed by atoms with Crippen LogP contribution in [-0.2, 0) is 32.0 Å². The quantitative estimate of drug-likeness (QED) is 0.565. The van der Waals surface area contributed by atoms with Crippen LogP contribution < -0.4 is 10.1 Å². The van der Waals surface area contributed by atoms with Crippen molar-refractivity contribution in [3.63, 3.8) is 0 Å². The van der Waals surface area contributed by atoms with Gasteiger partial charge in [0, 0.05) is 17.8 Å². The number of hydrogen-bond donors (Lipinski definition) is 1. The van der Waals surface area contributed by atoms with Gasteiger partial charge in [0.05, 0.1) is 25.8 Å². The zero-order valence-electron chi connectivity index (χ0n) is 19.4. The van der Waals surface area contributed by atoms with Gasteiger partial charge in [-0.25, -0.2) is 9.59 Å². The van der Waals surface area contributed by atoms with Gasteiger partial charge in [-0.1, -0.05) is 25.1 Å². The number of ether oxygens (including phenoxy) is 3. The van der Waals surface area contributed by atoms with E-state index in [0.717, 1.165) is 21.8 Å². The molecule has 0 saturated carbocycles. The topological polar surface area (TPSA) is 118 Å². The van der Waals surface area contributed by atoms with Crippen LogP contribution in [-0.4, -0.2) is 49.7 Å². The molecule has 2 heterocycles. The molecule has 0 bridgehead atoms. The Bertz CT molecular complexity index is 1110. The first-order valence-corrected chi connectivity index (χ1v) is 11.7. The van der Waals surface area contributed by atoms with Crippen molar-refractivity contribution in [1.82, 2.24) is 4.90 Å². The number of carbonyl (C=O) groups is 3. The smallest absolute Gasteiger partial charge is 0.410 e. The summed E-state index contributed by atoms with van der Waals surface area (Å²) >= 11 is 1.28. The van der Waals surface area contributed by atoms with Gasteiger partial charge in [-0.3, -0.25) is 4.79 Å². The minimum absolute atomic E-state index is 0.0806. The number of carbonyl (C=O) groups excluding carboxylic acids is 3. The number of fused-ring (bicyclic) bond motifs is 1. The standard InChI is InChI=1S/C24H27N3O6S/c1-4-32-19-8-6-5-7-16(19)15(2)11-21(28)26-23-18(12-25)17-9-10-27(13-20(17)34-23)24(30)33-14-22(29)31-3/h5-8,15H,4,9-11,13-14H2,1-3H3,(H,26,28). The second kappa shape index (κ2) is 11.5. The Kier molecular flexibility index (Phi) is 8.49. The van der Waals surface area contributed by atoms with Gasteiger partial charge in [-0.15, -0.1) is 11.3 Å². The molecule has 1 N–H and O–H groups in total. The lowest BCUT2D eigenvalue weighted by molar-refractivity contribution is -0.144. The monoisotopic (exact) mass is 485 g/mol. The van der Waals surface area contributed by atoms with Crippen LogP contribution in [0.3, 0.4) is 0 Å². The number of hydrogen-bond acceptors (Lipinski definition) is 8. The third-order valence-electron chi connectivity index (χ3n) is 5.46. The molecule has 3 rings (SSSR count). The Balaban J connectivity index is 1.67. The van der Waals surface area contributed by atoms with E-state index in [1.54, 1.807) is 0 Å². The van der Waals surface area contributed by atoms with E-state index in [0.29, 0.717) is 30.1 Å². The summed E-state index contributed by atoms with van der Waals surface area (Å²) in [4.78, 5) is 38.5. The third kappa shape index (κ3) is 5.85. The van der Waals surface area contributed by atoms with Crippen molar-refractivity contribution in [2.24, 2.45) is 0 Å². The highest BCUT2D eigenvalue weighted by Gasteiger charge is 2.29. The van der Waals surface area contributed by atoms with E-state index in [4.69, 9.17) is 9.47 Å². The first-order chi connectivity index (χ1) is 16.4. The van der Waals surface area contributed by atoms with E-state index < -0.39 is 18.7 Å². The maximum atomic E-state index is 12.8. The predicted octanol–water partition coefficient (Wildman–Crippen LogP) is 3.82. The summed E-state index contributed by atoms with van der Waals surface area (Å²) in [6.07, 6.45) is 0.0508. The molecule has 1 aliphatic heterocycles. The first-order valence-electron chi connectivity index (χ1n) is 10.9. The van der Waals surface area contributed by atoms with Crippen LogP contribution in [0.1, 0.15) is 47.8 Å². The Morgan fingerprint density at radius 1 is 1.29 bits per heavy atom. The van der Waals surface area contributed by atoms with Crippen LogP contribution in [0, 0.1) is 11.3 Å². The fourth-order valence-corrected chi connectivity index (χ4v) is 5.01. The summed E-state index contributed by atoms with van der Waals surface area (Å²) in [6, 6.07) is 9.83. The molecule has 1 aliphatic rings. The minimum atomic E-state index is -0.642. The first kappa shape index (κ1) is 25.1. The summed E-state index contributed by atoms with van der Waals surface area (Å²) in [5, 5.41) is 13.1. The predicted molar refractivity (Wildman–Crippen MR) is 126 cm³/mol. The van der Waals surface area contributed by atoms with Gasteiger partial charge >= 0.3 is 12.1 Å². The van der Waals surface area contributed by atoms with Crippen LogP contribution in [0.2, 0.25) is 0 Å². The Morgan fingerprint density at radius 3 is 2.76 bits per heavy atom. The molecule has 180 valence electrons. The third-order valence-corrected chi connectivity index (χ3v) is 6.59. The SMILES string of the molecule is CCOc1ccccc1C(C)CC(=O)Nc1sc2c(c1C#N)CCN(C(=O)OCC(=O)OC)C2. The van der Waals surface area contributed by atoms with E-state index in [-0.39, 0.29) is 24.8 Å². The number of esters is 1. The molecule has 0 radical (unpaired) electrons. The highest BCUT2D eigenvalue weighted by Crippen LogP contribution is 2.37. The Morgan fingerprint density at radius 2 is 2.06 bits per heavy atom. The van der Waals surface area contributed by atoms with Crippen molar-refractivity contribution in [3.8, 4) is 11.8 Å². The van der Waals surface area contributed by atoms with E-state index in [9.17, 15) is 19.6 Å². The number of nitrogens with one attached hydrogen (secondary N) is 1. The maximum absolute atomic E-state index is 12.8. The minimum Gasteiger partial charge on any atom is -0.494 e. The number of rotatable bonds is 8. The molecule has 9 nitrogen and oxygen atoms in total. The second-order valence-corrected chi connectivity index (χ2v) is 8.85. The molecule has 1 aromatic carbocycles. The van der Waals surface area contributed by atoms with Crippen LogP contribution in [0.15, 0.2) is 24.3 Å². The molecule has 1 unspecified atom stereocenters. The molecular formula is C24H27N3O6S. The number of amides is 2. The molecule has 2 aromatic rings. The van der Waals surface area contributed by atoms with Crippen LogP contribution >= 0.6 is 11.3 Å².